The summed E-state index contributed by atoms with van der Waals surface area (Å²) >= 11 is 0. The van der Waals surface area contributed by atoms with Gasteiger partial charge in [-0.2, -0.15) is 0 Å². The highest BCUT2D eigenvalue weighted by Crippen LogP contribution is 2.61. The van der Waals surface area contributed by atoms with Crippen molar-refractivity contribution in [2.75, 3.05) is 44.2 Å². The van der Waals surface area contributed by atoms with Crippen LogP contribution in [0.1, 0.15) is 84.0 Å². The van der Waals surface area contributed by atoms with Gasteiger partial charge in [-0.3, -0.25) is 4.90 Å². The number of carbonyl (C=O) groups excluding carboxylic acids is 1. The van der Waals surface area contributed by atoms with Gasteiger partial charge in [0.25, 0.3) is 0 Å². The number of piperazine rings is 1. The second-order valence-electron chi connectivity index (χ2n) is 14.1. The molecule has 5 aliphatic rings. The number of nitrogens with one attached hydrogen (secondary N) is 1. The van der Waals surface area contributed by atoms with E-state index in [0.717, 1.165) is 49.9 Å². The number of fused-ring (bicyclic) bond motifs is 2. The molecule has 1 saturated heterocycles. The molecule has 5 fully saturated rings. The predicted octanol–water partition coefficient (Wildman–Crippen LogP) is 5.84. The molecule has 1 N–H and O–H groups in total. The molecule has 2 bridgehead atoms. The van der Waals surface area contributed by atoms with Gasteiger partial charge < -0.3 is 15.0 Å². The lowest BCUT2D eigenvalue weighted by Crippen LogP contribution is -2.62. The van der Waals surface area contributed by atoms with Crippen molar-refractivity contribution in [3.05, 3.63) is 29.8 Å². The van der Waals surface area contributed by atoms with Crippen LogP contribution in [-0.2, 0) is 4.74 Å². The minimum Gasteiger partial charge on any atom is -0.462 e. The molecule has 2 unspecified atom stereocenters. The smallest absolute Gasteiger partial charge is 0.338 e. The van der Waals surface area contributed by atoms with E-state index >= 15 is 0 Å². The number of ether oxygens (including phenoxy) is 1. The average Bonchev–Trinajstić information content (AvgIpc) is 2.87. The number of nitrogens with zero attached hydrogens (tertiary/aromatic N) is 2. The Morgan fingerprint density at radius 3 is 2.35 bits per heavy atom. The lowest BCUT2D eigenvalue weighted by Gasteiger charge is -2.63. The first-order valence-electron chi connectivity index (χ1n) is 15.1. The van der Waals surface area contributed by atoms with Gasteiger partial charge >= 0.3 is 5.97 Å². The van der Waals surface area contributed by atoms with E-state index in [4.69, 9.17) is 4.74 Å². The molecular weight excluding hydrogens is 458 g/mol. The van der Waals surface area contributed by atoms with E-state index in [1.54, 1.807) is 0 Å². The Labute approximate surface area is 225 Å². The summed E-state index contributed by atoms with van der Waals surface area (Å²) in [6, 6.07) is 9.31. The molecule has 37 heavy (non-hydrogen) atoms. The number of esters is 1. The maximum absolute atomic E-state index is 12.0. The molecule has 0 amide bonds. The number of carbonyl (C=O) groups is 1. The Bertz CT molecular complexity index is 934. The molecule has 0 spiro atoms. The van der Waals surface area contributed by atoms with Crippen molar-refractivity contribution in [2.45, 2.75) is 85.7 Å². The molecule has 1 aromatic carbocycles. The van der Waals surface area contributed by atoms with Crippen LogP contribution in [0.2, 0.25) is 0 Å². The van der Waals surface area contributed by atoms with E-state index in [1.165, 1.54) is 44.3 Å². The zero-order chi connectivity index (χ0) is 26.4. The van der Waals surface area contributed by atoms with Gasteiger partial charge in [0.05, 0.1) is 12.2 Å². The standard InChI is InChI=1S/C32H51N3O2/c1-7-37-30(36)23-8-10-26(11-9-23)35-16-14-34(15-17-35)21-24-20-31(3,4)13-12-28(24)33-29-19-25-18-27(22(29)2)32(25,5)6/h8-11,22,24-25,27-29,33H,7,12-21H2,1-6H3/t22-,24?,25-,27-,28?,29+/m1/s1. The third-order valence-electron chi connectivity index (χ3n) is 10.9. The molecular formula is C32H51N3O2. The van der Waals surface area contributed by atoms with Crippen molar-refractivity contribution < 1.29 is 9.53 Å². The number of hydrogen-bond acceptors (Lipinski definition) is 5. The number of hydrogen-bond donors (Lipinski definition) is 1. The molecule has 206 valence electrons. The topological polar surface area (TPSA) is 44.8 Å². The minimum absolute atomic E-state index is 0.235. The maximum atomic E-state index is 12.0. The maximum Gasteiger partial charge on any atom is 0.338 e. The van der Waals surface area contributed by atoms with Gasteiger partial charge in [0.2, 0.25) is 0 Å². The van der Waals surface area contributed by atoms with Crippen molar-refractivity contribution in [1.29, 1.82) is 0 Å². The second-order valence-corrected chi connectivity index (χ2v) is 14.1. The Hall–Kier alpha value is -1.59. The van der Waals surface area contributed by atoms with Gasteiger partial charge in [0.1, 0.15) is 0 Å². The first-order valence-corrected chi connectivity index (χ1v) is 15.1. The molecule has 4 saturated carbocycles. The van der Waals surface area contributed by atoms with E-state index in [2.05, 4.69) is 61.9 Å². The number of benzene rings is 1. The summed E-state index contributed by atoms with van der Waals surface area (Å²) in [6.45, 7) is 20.3. The Balaban J connectivity index is 1.16. The predicted molar refractivity (Wildman–Crippen MR) is 152 cm³/mol. The molecule has 6 rings (SSSR count). The Kier molecular flexibility index (Phi) is 7.68. The van der Waals surface area contributed by atoms with Crippen LogP contribution in [0, 0.1) is 34.5 Å². The van der Waals surface area contributed by atoms with Gasteiger partial charge in [-0.15, -0.1) is 0 Å². The van der Waals surface area contributed by atoms with Crippen molar-refractivity contribution in [1.82, 2.24) is 10.2 Å². The summed E-state index contributed by atoms with van der Waals surface area (Å²) in [5.74, 6) is 3.12. The summed E-state index contributed by atoms with van der Waals surface area (Å²) in [5.41, 5.74) is 2.85. The number of anilines is 1. The van der Waals surface area contributed by atoms with E-state index in [9.17, 15) is 4.79 Å². The average molecular weight is 510 g/mol. The first-order chi connectivity index (χ1) is 17.6. The molecule has 6 atom stereocenters. The first kappa shape index (κ1) is 27.0. The van der Waals surface area contributed by atoms with Gasteiger partial charge in [-0.25, -0.2) is 4.79 Å². The molecule has 5 nitrogen and oxygen atoms in total. The van der Waals surface area contributed by atoms with Crippen LogP contribution in [0.5, 0.6) is 0 Å². The third-order valence-corrected chi connectivity index (χ3v) is 10.9. The Morgan fingerprint density at radius 2 is 1.73 bits per heavy atom. The van der Waals surface area contributed by atoms with Crippen LogP contribution in [0.15, 0.2) is 24.3 Å². The van der Waals surface area contributed by atoms with Crippen LogP contribution in [0.3, 0.4) is 0 Å². The SMILES string of the molecule is CCOC(=O)c1ccc(N2CCN(CC3CC(C)(C)CCC3N[C@H]3C[C@H]4C[C@H]([C@H]3C)C4(C)C)CC2)cc1. The number of rotatable bonds is 7. The third kappa shape index (κ3) is 5.59. The molecule has 5 heteroatoms. The highest BCUT2D eigenvalue weighted by Gasteiger charge is 2.56. The summed E-state index contributed by atoms with van der Waals surface area (Å²) in [6.07, 6.45) is 6.84. The summed E-state index contributed by atoms with van der Waals surface area (Å²) < 4.78 is 5.13. The fourth-order valence-corrected chi connectivity index (χ4v) is 8.34. The zero-order valence-electron chi connectivity index (χ0n) is 24.3. The fraction of sp³-hybridized carbons (Fsp3) is 0.781. The van der Waals surface area contributed by atoms with Gasteiger partial charge in [-0.1, -0.05) is 34.6 Å². The molecule has 0 aromatic heterocycles. The lowest BCUT2D eigenvalue weighted by atomic mass is 9.44. The molecule has 0 radical (unpaired) electrons. The monoisotopic (exact) mass is 509 g/mol. The summed E-state index contributed by atoms with van der Waals surface area (Å²) in [4.78, 5) is 17.2. The summed E-state index contributed by atoms with van der Waals surface area (Å²) in [7, 11) is 0. The van der Waals surface area contributed by atoms with Gasteiger partial charge in [-0.05, 0) is 97.8 Å². The Morgan fingerprint density at radius 1 is 1.03 bits per heavy atom. The van der Waals surface area contributed by atoms with E-state index in [-0.39, 0.29) is 5.97 Å². The molecule has 1 aliphatic heterocycles. The zero-order valence-corrected chi connectivity index (χ0v) is 24.3. The van der Waals surface area contributed by atoms with Crippen LogP contribution in [0.25, 0.3) is 0 Å². The van der Waals surface area contributed by atoms with Crippen LogP contribution in [-0.4, -0.2) is 62.3 Å². The largest absolute Gasteiger partial charge is 0.462 e. The quantitative estimate of drug-likeness (QED) is 0.468. The lowest BCUT2D eigenvalue weighted by molar-refractivity contribution is -0.118. The summed E-state index contributed by atoms with van der Waals surface area (Å²) in [5, 5.41) is 4.27. The van der Waals surface area contributed by atoms with Crippen molar-refractivity contribution in [2.24, 2.45) is 34.5 Å². The normalized spacial score (nSPS) is 35.0. The van der Waals surface area contributed by atoms with Crippen molar-refractivity contribution >= 4 is 11.7 Å². The highest BCUT2D eigenvalue weighted by molar-refractivity contribution is 5.89. The molecule has 1 aromatic rings. The van der Waals surface area contributed by atoms with Crippen molar-refractivity contribution in [3.63, 3.8) is 0 Å². The highest BCUT2D eigenvalue weighted by atomic mass is 16.5. The van der Waals surface area contributed by atoms with E-state index in [0.29, 0.717) is 35.1 Å². The van der Waals surface area contributed by atoms with E-state index < -0.39 is 0 Å². The van der Waals surface area contributed by atoms with Gasteiger partial charge in [0, 0.05) is 50.5 Å². The molecule has 1 heterocycles. The molecule has 4 aliphatic carbocycles. The second kappa shape index (κ2) is 10.5. The van der Waals surface area contributed by atoms with Crippen LogP contribution in [0.4, 0.5) is 5.69 Å². The minimum atomic E-state index is -0.235. The van der Waals surface area contributed by atoms with Crippen molar-refractivity contribution in [3.8, 4) is 0 Å². The van der Waals surface area contributed by atoms with E-state index in [1.807, 2.05) is 19.1 Å². The van der Waals surface area contributed by atoms with Crippen LogP contribution < -0.4 is 10.2 Å². The fourth-order valence-electron chi connectivity index (χ4n) is 8.34. The van der Waals surface area contributed by atoms with Crippen LogP contribution >= 0.6 is 0 Å². The van der Waals surface area contributed by atoms with Gasteiger partial charge in [0.15, 0.2) is 0 Å².